The van der Waals surface area contributed by atoms with Gasteiger partial charge in [0.25, 0.3) is 5.91 Å². The Morgan fingerprint density at radius 2 is 1.93 bits per heavy atom. The van der Waals surface area contributed by atoms with Crippen LogP contribution >= 0.6 is 15.9 Å². The van der Waals surface area contributed by atoms with E-state index in [4.69, 9.17) is 4.74 Å². The lowest BCUT2D eigenvalue weighted by Gasteiger charge is -2.34. The molecule has 148 valence electrons. The third-order valence-electron chi connectivity index (χ3n) is 5.01. The van der Waals surface area contributed by atoms with E-state index >= 15 is 0 Å². The molecule has 3 rings (SSSR count). The van der Waals surface area contributed by atoms with Gasteiger partial charge in [0.1, 0.15) is 11.8 Å². The van der Waals surface area contributed by atoms with Crippen molar-refractivity contribution in [3.05, 3.63) is 58.1 Å². The number of ether oxygens (including phenoxy) is 1. The fourth-order valence-corrected chi connectivity index (χ4v) is 3.94. The predicted molar refractivity (Wildman–Crippen MR) is 114 cm³/mol. The van der Waals surface area contributed by atoms with Crippen molar-refractivity contribution in [3.63, 3.8) is 0 Å². The molecule has 2 aromatic carbocycles. The number of halogens is 1. The highest BCUT2D eigenvalue weighted by Crippen LogP contribution is 2.31. The van der Waals surface area contributed by atoms with Crippen LogP contribution in [0.2, 0.25) is 0 Å². The first-order chi connectivity index (χ1) is 13.4. The molecule has 0 spiro atoms. The Morgan fingerprint density at radius 1 is 1.18 bits per heavy atom. The van der Waals surface area contributed by atoms with E-state index in [1.807, 2.05) is 44.2 Å². The number of aryl methyl sites for hydroxylation is 1. The zero-order chi connectivity index (χ0) is 20.3. The molecule has 2 aromatic rings. The van der Waals surface area contributed by atoms with Gasteiger partial charge in [0.15, 0.2) is 0 Å². The molecule has 5 nitrogen and oxygen atoms in total. The topological polar surface area (TPSA) is 58.6 Å². The van der Waals surface area contributed by atoms with Crippen LogP contribution in [-0.4, -0.2) is 31.5 Å². The van der Waals surface area contributed by atoms with E-state index < -0.39 is 6.04 Å². The van der Waals surface area contributed by atoms with Crippen molar-refractivity contribution in [1.29, 1.82) is 0 Å². The van der Waals surface area contributed by atoms with E-state index in [1.54, 1.807) is 24.1 Å². The Balaban J connectivity index is 1.85. The molecule has 6 heteroatoms. The van der Waals surface area contributed by atoms with Gasteiger partial charge in [-0.3, -0.25) is 9.59 Å². The summed E-state index contributed by atoms with van der Waals surface area (Å²) in [6.45, 7) is 4.54. The van der Waals surface area contributed by atoms with Gasteiger partial charge in [0, 0.05) is 16.7 Å². The van der Waals surface area contributed by atoms with Gasteiger partial charge in [-0.15, -0.1) is 0 Å². The Bertz CT molecular complexity index is 882. The van der Waals surface area contributed by atoms with Gasteiger partial charge in [-0.25, -0.2) is 0 Å². The summed E-state index contributed by atoms with van der Waals surface area (Å²) in [6, 6.07) is 12.4. The summed E-state index contributed by atoms with van der Waals surface area (Å²) < 4.78 is 6.02. The molecule has 0 aliphatic carbocycles. The molecule has 0 fully saturated rings. The average Bonchev–Trinajstić information content (AvgIpc) is 2.70. The number of rotatable bonds is 5. The Kier molecular flexibility index (Phi) is 6.39. The number of anilines is 1. The van der Waals surface area contributed by atoms with Crippen molar-refractivity contribution < 1.29 is 14.3 Å². The number of carbonyl (C=O) groups is 2. The maximum atomic E-state index is 13.4. The minimum Gasteiger partial charge on any atom is -0.497 e. The standard InChI is InChI=1S/C22H25BrN2O3/c1-14(2)20(24-21(26)17-8-4-5-9-18(17)23)22(27)25-12-6-7-15-13-16(28-3)10-11-19(15)25/h4-5,8-11,13-14,20H,6-7,12H2,1-3H3,(H,24,26)/t20-/m0/s1. The van der Waals surface area contributed by atoms with Crippen LogP contribution in [-0.2, 0) is 11.2 Å². The molecule has 2 amide bonds. The summed E-state index contributed by atoms with van der Waals surface area (Å²) >= 11 is 3.40. The molecular weight excluding hydrogens is 420 g/mol. The number of fused-ring (bicyclic) bond motifs is 1. The highest BCUT2D eigenvalue weighted by molar-refractivity contribution is 9.10. The quantitative estimate of drug-likeness (QED) is 0.751. The molecule has 1 N–H and O–H groups in total. The lowest BCUT2D eigenvalue weighted by atomic mass is 9.97. The minimum atomic E-state index is -0.604. The van der Waals surface area contributed by atoms with E-state index in [1.165, 1.54) is 0 Å². The van der Waals surface area contributed by atoms with Crippen LogP contribution in [0.15, 0.2) is 46.9 Å². The highest BCUT2D eigenvalue weighted by Gasteiger charge is 2.32. The summed E-state index contributed by atoms with van der Waals surface area (Å²) in [6.07, 6.45) is 1.79. The van der Waals surface area contributed by atoms with Crippen molar-refractivity contribution in [2.24, 2.45) is 5.92 Å². The first kappa shape index (κ1) is 20.4. The fourth-order valence-electron chi connectivity index (χ4n) is 3.48. The third kappa shape index (κ3) is 4.22. The van der Waals surface area contributed by atoms with Crippen LogP contribution in [0.5, 0.6) is 5.75 Å². The molecule has 1 atom stereocenters. The summed E-state index contributed by atoms with van der Waals surface area (Å²) in [4.78, 5) is 27.9. The van der Waals surface area contributed by atoms with Crippen molar-refractivity contribution in [1.82, 2.24) is 5.32 Å². The van der Waals surface area contributed by atoms with Crippen molar-refractivity contribution in [2.45, 2.75) is 32.7 Å². The van der Waals surface area contributed by atoms with Crippen LogP contribution in [0, 0.1) is 5.92 Å². The van der Waals surface area contributed by atoms with Gasteiger partial charge in [-0.05, 0) is 70.6 Å². The second-order valence-corrected chi connectivity index (χ2v) is 8.12. The van der Waals surface area contributed by atoms with Gasteiger partial charge >= 0.3 is 0 Å². The first-order valence-electron chi connectivity index (χ1n) is 9.46. The molecule has 0 saturated carbocycles. The number of hydrogen-bond donors (Lipinski definition) is 1. The van der Waals surface area contributed by atoms with Gasteiger partial charge < -0.3 is 15.0 Å². The molecule has 1 heterocycles. The van der Waals surface area contributed by atoms with Crippen molar-refractivity contribution >= 4 is 33.4 Å². The Labute approximate surface area is 174 Å². The molecule has 0 aromatic heterocycles. The zero-order valence-corrected chi connectivity index (χ0v) is 18.0. The van der Waals surface area contributed by atoms with Crippen LogP contribution in [0.1, 0.15) is 36.2 Å². The number of nitrogens with zero attached hydrogens (tertiary/aromatic N) is 1. The molecule has 1 aliphatic rings. The van der Waals surface area contributed by atoms with Crippen LogP contribution in [0.4, 0.5) is 5.69 Å². The van der Waals surface area contributed by atoms with E-state index in [0.717, 1.165) is 29.8 Å². The van der Waals surface area contributed by atoms with Crippen LogP contribution < -0.4 is 15.0 Å². The predicted octanol–water partition coefficient (Wildman–Crippen LogP) is 4.19. The number of methoxy groups -OCH3 is 1. The van der Waals surface area contributed by atoms with E-state index in [2.05, 4.69) is 21.2 Å². The maximum absolute atomic E-state index is 13.4. The van der Waals surface area contributed by atoms with Gasteiger partial charge in [0.05, 0.1) is 12.7 Å². The second-order valence-electron chi connectivity index (χ2n) is 7.26. The van der Waals surface area contributed by atoms with E-state index in [9.17, 15) is 9.59 Å². The summed E-state index contributed by atoms with van der Waals surface area (Å²) in [7, 11) is 1.64. The lowest BCUT2D eigenvalue weighted by Crippen LogP contribution is -2.52. The average molecular weight is 445 g/mol. The smallest absolute Gasteiger partial charge is 0.253 e. The molecule has 0 saturated heterocycles. The summed E-state index contributed by atoms with van der Waals surface area (Å²) in [5.41, 5.74) is 2.51. The molecule has 1 aliphatic heterocycles. The van der Waals surface area contributed by atoms with E-state index in [0.29, 0.717) is 16.6 Å². The van der Waals surface area contributed by atoms with Gasteiger partial charge in [-0.1, -0.05) is 26.0 Å². The van der Waals surface area contributed by atoms with Crippen LogP contribution in [0.25, 0.3) is 0 Å². The molecule has 28 heavy (non-hydrogen) atoms. The number of nitrogens with one attached hydrogen (secondary N) is 1. The first-order valence-corrected chi connectivity index (χ1v) is 10.3. The van der Waals surface area contributed by atoms with Crippen molar-refractivity contribution in [3.8, 4) is 5.75 Å². The highest BCUT2D eigenvalue weighted by atomic mass is 79.9. The lowest BCUT2D eigenvalue weighted by molar-refractivity contribution is -0.121. The third-order valence-corrected chi connectivity index (χ3v) is 5.70. The fraction of sp³-hybridized carbons (Fsp3) is 0.364. The summed E-state index contributed by atoms with van der Waals surface area (Å²) in [5.74, 6) is 0.409. The van der Waals surface area contributed by atoms with Gasteiger partial charge in [0.2, 0.25) is 5.91 Å². The SMILES string of the molecule is COc1ccc2c(c1)CCCN2C(=O)[C@@H](NC(=O)c1ccccc1Br)C(C)C. The number of carbonyl (C=O) groups excluding carboxylic acids is 2. The molecule has 0 bridgehead atoms. The largest absolute Gasteiger partial charge is 0.497 e. The van der Waals surface area contributed by atoms with E-state index in [-0.39, 0.29) is 17.7 Å². The Hall–Kier alpha value is -2.34. The monoisotopic (exact) mass is 444 g/mol. The van der Waals surface area contributed by atoms with Crippen molar-refractivity contribution in [2.75, 3.05) is 18.6 Å². The second kappa shape index (κ2) is 8.78. The number of hydrogen-bond acceptors (Lipinski definition) is 3. The molecule has 0 radical (unpaired) electrons. The van der Waals surface area contributed by atoms with Gasteiger partial charge in [-0.2, -0.15) is 0 Å². The molecular formula is C22H25BrN2O3. The zero-order valence-electron chi connectivity index (χ0n) is 16.4. The minimum absolute atomic E-state index is 0.0393. The Morgan fingerprint density at radius 3 is 2.61 bits per heavy atom. The normalized spacial score (nSPS) is 14.4. The molecule has 0 unspecified atom stereocenters. The number of benzene rings is 2. The number of amides is 2. The summed E-state index contributed by atoms with van der Waals surface area (Å²) in [5, 5.41) is 2.94. The maximum Gasteiger partial charge on any atom is 0.253 e. The van der Waals surface area contributed by atoms with Crippen LogP contribution in [0.3, 0.4) is 0 Å².